The molecule has 0 aromatic rings. The van der Waals surface area contributed by atoms with Crippen LogP contribution < -0.4 is 10.6 Å². The number of carbonyl (C=O) groups is 1. The average molecular weight is 340 g/mol. The summed E-state index contributed by atoms with van der Waals surface area (Å²) in [5.74, 6) is 1.01. The first-order valence-corrected chi connectivity index (χ1v) is 8.01. The number of hydrogen-bond acceptors (Lipinski definition) is 3. The smallest absolute Gasteiger partial charge is 0.220 e. The molecule has 2 N–H and O–H groups in total. The lowest BCUT2D eigenvalue weighted by Gasteiger charge is -2.24. The first-order valence-electron chi connectivity index (χ1n) is 8.01. The maximum atomic E-state index is 11.9. The molecule has 126 valence electrons. The summed E-state index contributed by atoms with van der Waals surface area (Å²) in [7, 11) is 0. The Morgan fingerprint density at radius 1 is 1.24 bits per heavy atom. The van der Waals surface area contributed by atoms with Gasteiger partial charge in [0.1, 0.15) is 0 Å². The Morgan fingerprint density at radius 3 is 2.62 bits per heavy atom. The fourth-order valence-electron chi connectivity index (χ4n) is 3.37. The molecule has 2 saturated heterocycles. The van der Waals surface area contributed by atoms with Gasteiger partial charge in [-0.25, -0.2) is 0 Å². The van der Waals surface area contributed by atoms with Crippen molar-refractivity contribution in [2.75, 3.05) is 32.7 Å². The molecule has 2 aliphatic heterocycles. The summed E-state index contributed by atoms with van der Waals surface area (Å²) in [5, 5.41) is 6.50. The summed E-state index contributed by atoms with van der Waals surface area (Å²) in [6.45, 7) is 7.61. The molecular weight excluding hydrogens is 309 g/mol. The van der Waals surface area contributed by atoms with Crippen molar-refractivity contribution in [1.29, 1.82) is 0 Å². The Morgan fingerprint density at radius 2 is 1.95 bits per heavy atom. The molecule has 2 aliphatic rings. The number of amides is 1. The van der Waals surface area contributed by atoms with Gasteiger partial charge in [0.25, 0.3) is 0 Å². The van der Waals surface area contributed by atoms with Crippen LogP contribution in [0.1, 0.15) is 45.4 Å². The highest BCUT2D eigenvalue weighted by molar-refractivity contribution is 5.85. The second-order valence-corrected chi connectivity index (χ2v) is 5.96. The predicted octanol–water partition coefficient (Wildman–Crippen LogP) is 2.21. The average Bonchev–Trinajstić information content (AvgIpc) is 2.91. The predicted molar refractivity (Wildman–Crippen MR) is 92.6 cm³/mol. The summed E-state index contributed by atoms with van der Waals surface area (Å²) in [6.07, 6.45) is 6.77. The highest BCUT2D eigenvalue weighted by Crippen LogP contribution is 2.18. The van der Waals surface area contributed by atoms with Crippen LogP contribution in [0, 0.1) is 5.92 Å². The normalized spacial score (nSPS) is 23.2. The molecule has 1 unspecified atom stereocenters. The van der Waals surface area contributed by atoms with Crippen molar-refractivity contribution in [3.05, 3.63) is 0 Å². The summed E-state index contributed by atoms with van der Waals surface area (Å²) in [4.78, 5) is 14.4. The molecule has 2 rings (SSSR count). The van der Waals surface area contributed by atoms with E-state index in [0.29, 0.717) is 12.5 Å². The van der Waals surface area contributed by atoms with Gasteiger partial charge in [0.2, 0.25) is 5.91 Å². The molecule has 0 aromatic heterocycles. The van der Waals surface area contributed by atoms with Gasteiger partial charge in [0.05, 0.1) is 0 Å². The van der Waals surface area contributed by atoms with E-state index >= 15 is 0 Å². The SMILES string of the molecule is CCN1CCCC1CNC(=O)CCC1CCNCC1.Cl.Cl. The van der Waals surface area contributed by atoms with Crippen LogP contribution in [0.15, 0.2) is 0 Å². The molecule has 0 saturated carbocycles. The van der Waals surface area contributed by atoms with Crippen molar-refractivity contribution in [2.24, 2.45) is 5.92 Å². The number of likely N-dealkylation sites (N-methyl/N-ethyl adjacent to an activating group) is 1. The Hall–Kier alpha value is -0.0300. The summed E-state index contributed by atoms with van der Waals surface area (Å²) in [6, 6.07) is 0.577. The minimum Gasteiger partial charge on any atom is -0.355 e. The number of halogens is 2. The van der Waals surface area contributed by atoms with Gasteiger partial charge in [0.15, 0.2) is 0 Å². The van der Waals surface area contributed by atoms with Crippen LogP contribution in [0.25, 0.3) is 0 Å². The number of nitrogens with one attached hydrogen (secondary N) is 2. The van der Waals surface area contributed by atoms with Gasteiger partial charge >= 0.3 is 0 Å². The second kappa shape index (κ2) is 11.5. The summed E-state index contributed by atoms with van der Waals surface area (Å²) < 4.78 is 0. The van der Waals surface area contributed by atoms with Gasteiger partial charge in [-0.2, -0.15) is 0 Å². The van der Waals surface area contributed by atoms with Crippen LogP contribution >= 0.6 is 24.8 Å². The first kappa shape index (κ1) is 21.0. The number of carbonyl (C=O) groups excluding carboxylic acids is 1. The fraction of sp³-hybridized carbons (Fsp3) is 0.933. The highest BCUT2D eigenvalue weighted by atomic mass is 35.5. The topological polar surface area (TPSA) is 44.4 Å². The number of piperidine rings is 1. The van der Waals surface area contributed by atoms with Gasteiger partial charge in [0, 0.05) is 19.0 Å². The number of rotatable bonds is 6. The van der Waals surface area contributed by atoms with Crippen LogP contribution in [0.2, 0.25) is 0 Å². The van der Waals surface area contributed by atoms with Crippen LogP contribution in [-0.2, 0) is 4.79 Å². The van der Waals surface area contributed by atoms with Gasteiger partial charge in [-0.05, 0) is 64.2 Å². The molecular formula is C15H31Cl2N3O. The molecule has 1 amide bonds. The molecule has 0 aromatic carbocycles. The Labute approximate surface area is 141 Å². The lowest BCUT2D eigenvalue weighted by molar-refractivity contribution is -0.121. The molecule has 21 heavy (non-hydrogen) atoms. The second-order valence-electron chi connectivity index (χ2n) is 5.96. The van der Waals surface area contributed by atoms with E-state index in [1.54, 1.807) is 0 Å². The maximum absolute atomic E-state index is 11.9. The van der Waals surface area contributed by atoms with E-state index in [-0.39, 0.29) is 30.7 Å². The zero-order valence-corrected chi connectivity index (χ0v) is 14.7. The third kappa shape index (κ3) is 7.18. The molecule has 2 fully saturated rings. The number of likely N-dealkylation sites (tertiary alicyclic amines) is 1. The van der Waals surface area contributed by atoms with Crippen LogP contribution in [0.4, 0.5) is 0 Å². The van der Waals surface area contributed by atoms with E-state index in [1.165, 1.54) is 32.2 Å². The van der Waals surface area contributed by atoms with Crippen molar-refractivity contribution < 1.29 is 4.79 Å². The van der Waals surface area contributed by atoms with Gasteiger partial charge in [-0.15, -0.1) is 24.8 Å². The van der Waals surface area contributed by atoms with Crippen molar-refractivity contribution in [3.63, 3.8) is 0 Å². The van der Waals surface area contributed by atoms with Crippen LogP contribution in [0.5, 0.6) is 0 Å². The Kier molecular flexibility index (Phi) is 11.5. The largest absolute Gasteiger partial charge is 0.355 e. The van der Waals surface area contributed by atoms with Gasteiger partial charge in [-0.1, -0.05) is 6.92 Å². The van der Waals surface area contributed by atoms with E-state index in [2.05, 4.69) is 22.5 Å². The number of hydrogen-bond donors (Lipinski definition) is 2. The zero-order valence-electron chi connectivity index (χ0n) is 13.1. The summed E-state index contributed by atoms with van der Waals surface area (Å²) in [5.41, 5.74) is 0. The summed E-state index contributed by atoms with van der Waals surface area (Å²) >= 11 is 0. The monoisotopic (exact) mass is 339 g/mol. The van der Waals surface area contributed by atoms with E-state index in [1.807, 2.05) is 0 Å². The zero-order chi connectivity index (χ0) is 13.5. The van der Waals surface area contributed by atoms with Gasteiger partial charge in [-0.3, -0.25) is 9.69 Å². The minimum atomic E-state index is 0. The molecule has 4 nitrogen and oxygen atoms in total. The van der Waals surface area contributed by atoms with Crippen molar-refractivity contribution in [1.82, 2.24) is 15.5 Å². The van der Waals surface area contributed by atoms with Crippen LogP contribution in [0.3, 0.4) is 0 Å². The molecule has 0 bridgehead atoms. The van der Waals surface area contributed by atoms with E-state index in [4.69, 9.17) is 0 Å². The standard InChI is InChI=1S/C15H29N3O.2ClH/c1-2-18-11-3-4-14(18)12-17-15(19)6-5-13-7-9-16-10-8-13;;/h13-14,16H,2-12H2,1H3,(H,17,19);2*1H. The van der Waals surface area contributed by atoms with E-state index in [9.17, 15) is 4.79 Å². The molecule has 6 heteroatoms. The molecule has 0 spiro atoms. The lowest BCUT2D eigenvalue weighted by atomic mass is 9.93. The Bertz CT molecular complexity index is 286. The lowest BCUT2D eigenvalue weighted by Crippen LogP contribution is -2.40. The molecule has 0 aliphatic carbocycles. The van der Waals surface area contributed by atoms with Crippen molar-refractivity contribution in [3.8, 4) is 0 Å². The molecule has 2 heterocycles. The quantitative estimate of drug-likeness (QED) is 0.779. The first-order chi connectivity index (χ1) is 9.29. The van der Waals surface area contributed by atoms with Crippen molar-refractivity contribution >= 4 is 30.7 Å². The van der Waals surface area contributed by atoms with Crippen molar-refractivity contribution in [2.45, 2.75) is 51.5 Å². The third-order valence-electron chi connectivity index (χ3n) is 4.68. The highest BCUT2D eigenvalue weighted by Gasteiger charge is 2.23. The van der Waals surface area contributed by atoms with E-state index in [0.717, 1.165) is 38.5 Å². The number of nitrogens with zero attached hydrogens (tertiary/aromatic N) is 1. The maximum Gasteiger partial charge on any atom is 0.220 e. The van der Waals surface area contributed by atoms with E-state index < -0.39 is 0 Å². The fourth-order valence-corrected chi connectivity index (χ4v) is 3.37. The van der Waals surface area contributed by atoms with Gasteiger partial charge < -0.3 is 10.6 Å². The van der Waals surface area contributed by atoms with Crippen LogP contribution in [-0.4, -0.2) is 49.6 Å². The molecule has 1 atom stereocenters. The third-order valence-corrected chi connectivity index (χ3v) is 4.68. The Balaban J connectivity index is 0.00000200. The minimum absolute atomic E-state index is 0. The molecule has 0 radical (unpaired) electrons.